The van der Waals surface area contributed by atoms with E-state index in [4.69, 9.17) is 0 Å². The summed E-state index contributed by atoms with van der Waals surface area (Å²) in [5.74, 6) is 0. The van der Waals surface area contributed by atoms with Crippen molar-refractivity contribution in [3.05, 3.63) is 0 Å². The van der Waals surface area contributed by atoms with E-state index in [-0.39, 0.29) is 79.3 Å². The largest absolute Gasteiger partial charge is 0 e. The van der Waals surface area contributed by atoms with E-state index in [1.165, 1.54) is 0 Å². The van der Waals surface area contributed by atoms with E-state index in [1.807, 2.05) is 0 Å². The minimum absolute atomic E-state index is 0. The minimum atomic E-state index is 0. The monoisotopic (exact) mass is 542 g/mol. The maximum atomic E-state index is 0. The summed E-state index contributed by atoms with van der Waals surface area (Å²) in [7, 11) is 0. The van der Waals surface area contributed by atoms with Crippen LogP contribution in [0.2, 0.25) is 0 Å². The molecule has 0 spiro atoms. The van der Waals surface area contributed by atoms with Crippen molar-refractivity contribution < 1.29 is 79.3 Å². The predicted molar refractivity (Wildman–Crippen MR) is 0 cm³/mol. The fourth-order valence-electron chi connectivity index (χ4n) is 0. The average Bonchev–Trinajstić information content (AvgIpc) is 0. The number of hydrogen-bond acceptors (Lipinski definition) is 0. The Bertz CT molecular complexity index is 8.00. The van der Waals surface area contributed by atoms with Gasteiger partial charge in [-0.25, -0.2) is 0 Å². The first kappa shape index (κ1) is 31.1. The SMILES string of the molecule is [Au].[Fe].[Re].[Ru]. The van der Waals surface area contributed by atoms with E-state index in [0.29, 0.717) is 0 Å². The molecule has 0 rings (SSSR count). The van der Waals surface area contributed by atoms with Crippen LogP contribution in [0.3, 0.4) is 0 Å². The van der Waals surface area contributed by atoms with Gasteiger partial charge < -0.3 is 0 Å². The van der Waals surface area contributed by atoms with Crippen molar-refractivity contribution in [1.29, 1.82) is 0 Å². The standard InChI is InChI=1S/Au.Fe.Re.Ru. The Balaban J connectivity index is 0. The third-order valence-corrected chi connectivity index (χ3v) is 0. The van der Waals surface area contributed by atoms with Crippen molar-refractivity contribution >= 4 is 0 Å². The first-order valence-corrected chi connectivity index (χ1v) is 0. The molecule has 2 radical (unpaired) electrons. The molecule has 4 heteroatoms. The molecule has 4 heavy (non-hydrogen) atoms. The van der Waals surface area contributed by atoms with Crippen molar-refractivity contribution in [3.63, 3.8) is 0 Å². The molecule has 0 nitrogen and oxygen atoms in total. The van der Waals surface area contributed by atoms with E-state index in [1.54, 1.807) is 0 Å². The van der Waals surface area contributed by atoms with Crippen molar-refractivity contribution in [1.82, 2.24) is 0 Å². The van der Waals surface area contributed by atoms with Crippen LogP contribution < -0.4 is 0 Å². The van der Waals surface area contributed by atoms with Crippen molar-refractivity contribution in [2.45, 2.75) is 0 Å². The smallest absolute Gasteiger partial charge is 0 e. The Hall–Kier alpha value is 2.55. The topological polar surface area (TPSA) is 0 Å². The van der Waals surface area contributed by atoms with Crippen LogP contribution in [-0.4, -0.2) is 0 Å². The van der Waals surface area contributed by atoms with E-state index in [2.05, 4.69) is 0 Å². The zero-order valence-corrected chi connectivity index (χ0v) is 9.11. The van der Waals surface area contributed by atoms with Crippen LogP contribution in [0.4, 0.5) is 0 Å². The summed E-state index contributed by atoms with van der Waals surface area (Å²) in [4.78, 5) is 0. The first-order chi connectivity index (χ1) is 0. The molecule has 0 unspecified atom stereocenters. The molecule has 0 aliphatic heterocycles. The fraction of sp³-hybridized carbons (Fsp3) is 0. The predicted octanol–water partition coefficient (Wildman–Crippen LogP) is -0.0100. The molecule has 0 aliphatic carbocycles. The molecule has 0 atom stereocenters. The summed E-state index contributed by atoms with van der Waals surface area (Å²) < 4.78 is 0. The Morgan fingerprint density at radius 2 is 1.00 bits per heavy atom. The molecule has 0 amide bonds. The summed E-state index contributed by atoms with van der Waals surface area (Å²) in [6.45, 7) is 0. The van der Waals surface area contributed by atoms with Crippen LogP contribution in [0.1, 0.15) is 0 Å². The maximum absolute atomic E-state index is 0. The Morgan fingerprint density at radius 1 is 1.00 bits per heavy atom. The summed E-state index contributed by atoms with van der Waals surface area (Å²) in [5, 5.41) is 0. The van der Waals surface area contributed by atoms with Gasteiger partial charge in [0.1, 0.15) is 0 Å². The van der Waals surface area contributed by atoms with Gasteiger partial charge in [-0.15, -0.1) is 0 Å². The van der Waals surface area contributed by atoms with Crippen LogP contribution in [0.15, 0.2) is 0 Å². The first-order valence-electron chi connectivity index (χ1n) is 0. The Kier molecular flexibility index (Phi) is 137. The van der Waals surface area contributed by atoms with Gasteiger partial charge in [0.25, 0.3) is 0 Å². The summed E-state index contributed by atoms with van der Waals surface area (Å²) in [6, 6.07) is 0. The zero-order valence-electron chi connectivity index (χ0n) is 1.39. The summed E-state index contributed by atoms with van der Waals surface area (Å²) in [6.07, 6.45) is 0. The molecule has 0 aromatic carbocycles. The van der Waals surface area contributed by atoms with Gasteiger partial charge >= 0.3 is 0 Å². The molecule has 0 aromatic rings. The van der Waals surface area contributed by atoms with Gasteiger partial charge in [-0.3, -0.25) is 0 Å². The second kappa shape index (κ2) is 17.7. The van der Waals surface area contributed by atoms with Crippen LogP contribution in [-0.2, 0) is 79.3 Å². The average molecular weight is 540 g/mol. The molecule has 0 saturated heterocycles. The van der Waals surface area contributed by atoms with Gasteiger partial charge in [0.2, 0.25) is 0 Å². The molecule has 0 fully saturated rings. The van der Waals surface area contributed by atoms with Crippen molar-refractivity contribution in [2.75, 3.05) is 0 Å². The molecule has 34 valence electrons. The number of rotatable bonds is 0. The minimum Gasteiger partial charge on any atom is 0 e. The normalized spacial score (nSPS) is 0. The second-order valence-corrected chi connectivity index (χ2v) is 0. The quantitative estimate of drug-likeness (QED) is 0.380. The Labute approximate surface area is 78.3 Å². The molecule has 0 bridgehead atoms. The third kappa shape index (κ3) is 8.82. The van der Waals surface area contributed by atoms with E-state index in [9.17, 15) is 0 Å². The summed E-state index contributed by atoms with van der Waals surface area (Å²) >= 11 is 0. The van der Waals surface area contributed by atoms with Crippen LogP contribution in [0.5, 0.6) is 0 Å². The molecule has 0 heterocycles. The maximum Gasteiger partial charge on any atom is 0 e. The molecule has 0 N–H and O–H groups in total. The van der Waals surface area contributed by atoms with E-state index >= 15 is 0 Å². The fourth-order valence-corrected chi connectivity index (χ4v) is 0. The second-order valence-electron chi connectivity index (χ2n) is 0. The van der Waals surface area contributed by atoms with E-state index in [0.717, 1.165) is 0 Å². The van der Waals surface area contributed by atoms with Crippen molar-refractivity contribution in [3.8, 4) is 0 Å². The summed E-state index contributed by atoms with van der Waals surface area (Å²) in [5.41, 5.74) is 0. The van der Waals surface area contributed by atoms with Gasteiger partial charge in [0.15, 0.2) is 0 Å². The van der Waals surface area contributed by atoms with Crippen LogP contribution >= 0.6 is 0 Å². The molecule has 0 aliphatic rings. The third-order valence-electron chi connectivity index (χ3n) is 0. The van der Waals surface area contributed by atoms with Crippen LogP contribution in [0, 0.1) is 0 Å². The van der Waals surface area contributed by atoms with Gasteiger partial charge in [0.05, 0.1) is 0 Å². The molecule has 0 saturated carbocycles. The molecular weight excluding hydrogens is 540 g/mol. The van der Waals surface area contributed by atoms with Crippen LogP contribution in [0.25, 0.3) is 0 Å². The van der Waals surface area contributed by atoms with Gasteiger partial charge in [0, 0.05) is 79.3 Å². The van der Waals surface area contributed by atoms with Gasteiger partial charge in [-0.2, -0.15) is 0 Å². The number of hydrogen-bond donors (Lipinski definition) is 0. The zero-order chi connectivity index (χ0) is 0. The molecular formula is AuFeReRu. The van der Waals surface area contributed by atoms with Gasteiger partial charge in [-0.05, 0) is 0 Å². The van der Waals surface area contributed by atoms with Gasteiger partial charge in [-0.1, -0.05) is 0 Å². The molecule has 0 aromatic heterocycles. The Morgan fingerprint density at radius 3 is 1.00 bits per heavy atom. The van der Waals surface area contributed by atoms with Crippen molar-refractivity contribution in [2.24, 2.45) is 0 Å². The van der Waals surface area contributed by atoms with E-state index < -0.39 is 0 Å².